The van der Waals surface area contributed by atoms with Crippen LogP contribution < -0.4 is 0 Å². The number of sulfonamides is 1. The summed E-state index contributed by atoms with van der Waals surface area (Å²) < 4.78 is 63.6. The van der Waals surface area contributed by atoms with Gasteiger partial charge in [0.1, 0.15) is 6.54 Å². The number of halogens is 3. The second kappa shape index (κ2) is 7.77. The Balaban J connectivity index is 2.27. The van der Waals surface area contributed by atoms with E-state index in [0.717, 1.165) is 4.31 Å². The molecule has 0 saturated carbocycles. The number of benzene rings is 1. The van der Waals surface area contributed by atoms with Crippen LogP contribution in [0.1, 0.15) is 15.9 Å². The van der Waals surface area contributed by atoms with Gasteiger partial charge in [-0.05, 0) is 46.7 Å². The molecule has 1 heterocycles. The highest BCUT2D eigenvalue weighted by atomic mass is 32.2. The molecule has 1 aromatic heterocycles. The second-order valence-electron chi connectivity index (χ2n) is 5.72. The van der Waals surface area contributed by atoms with Gasteiger partial charge in [0.15, 0.2) is 0 Å². The van der Waals surface area contributed by atoms with Crippen LogP contribution >= 0.6 is 11.3 Å². The van der Waals surface area contributed by atoms with Crippen molar-refractivity contribution in [3.8, 4) is 0 Å². The molecule has 1 aromatic carbocycles. The van der Waals surface area contributed by atoms with Crippen LogP contribution in [0.25, 0.3) is 0 Å². The zero-order chi connectivity index (χ0) is 19.5. The van der Waals surface area contributed by atoms with Crippen molar-refractivity contribution >= 4 is 27.3 Å². The molecule has 2 rings (SSSR count). The van der Waals surface area contributed by atoms with Gasteiger partial charge in [0, 0.05) is 26.2 Å². The summed E-state index contributed by atoms with van der Waals surface area (Å²) in [6.45, 7) is -1.57. The maximum atomic E-state index is 12.8. The number of carbonyl (C=O) groups is 1. The monoisotopic (exact) mass is 406 g/mol. The van der Waals surface area contributed by atoms with Crippen LogP contribution in [0.5, 0.6) is 0 Å². The molecule has 0 atom stereocenters. The lowest BCUT2D eigenvalue weighted by atomic mass is 10.2. The van der Waals surface area contributed by atoms with Crippen molar-refractivity contribution < 1.29 is 26.4 Å². The lowest BCUT2D eigenvalue weighted by Gasteiger charge is -2.24. The third-order valence-corrected chi connectivity index (χ3v) is 6.05. The number of thiophene rings is 1. The Kier molecular flexibility index (Phi) is 6.09. The van der Waals surface area contributed by atoms with Gasteiger partial charge in [-0.25, -0.2) is 12.7 Å². The second-order valence-corrected chi connectivity index (χ2v) is 8.65. The Morgan fingerprint density at radius 2 is 1.73 bits per heavy atom. The normalized spacial score (nSPS) is 12.4. The first-order valence-corrected chi connectivity index (χ1v) is 9.79. The van der Waals surface area contributed by atoms with Crippen molar-refractivity contribution in [2.45, 2.75) is 17.6 Å². The molecule has 0 radical (unpaired) electrons. The summed E-state index contributed by atoms with van der Waals surface area (Å²) in [5.41, 5.74) is 0.585. The predicted octanol–water partition coefficient (Wildman–Crippen LogP) is 3.20. The van der Waals surface area contributed by atoms with E-state index in [9.17, 15) is 26.4 Å². The van der Waals surface area contributed by atoms with E-state index in [1.165, 1.54) is 49.7 Å². The summed E-state index contributed by atoms with van der Waals surface area (Å²) in [7, 11) is -0.957. The first kappa shape index (κ1) is 20.4. The minimum absolute atomic E-state index is 0.0119. The summed E-state index contributed by atoms with van der Waals surface area (Å²) in [4.78, 5) is 13.2. The Morgan fingerprint density at radius 3 is 2.19 bits per heavy atom. The number of carbonyl (C=O) groups excluding carboxylic acids is 1. The van der Waals surface area contributed by atoms with E-state index in [1.54, 1.807) is 16.8 Å². The molecule has 0 spiro atoms. The van der Waals surface area contributed by atoms with Gasteiger partial charge < -0.3 is 4.90 Å². The van der Waals surface area contributed by atoms with Crippen molar-refractivity contribution in [3.63, 3.8) is 0 Å². The minimum Gasteiger partial charge on any atom is -0.325 e. The van der Waals surface area contributed by atoms with E-state index in [0.29, 0.717) is 10.5 Å². The van der Waals surface area contributed by atoms with Gasteiger partial charge in [-0.3, -0.25) is 4.79 Å². The van der Waals surface area contributed by atoms with Crippen molar-refractivity contribution in [2.24, 2.45) is 0 Å². The quantitative estimate of drug-likeness (QED) is 0.740. The highest BCUT2D eigenvalue weighted by Crippen LogP contribution is 2.22. The number of hydrogen-bond acceptors (Lipinski definition) is 4. The maximum absolute atomic E-state index is 12.8. The Labute approximate surface area is 153 Å². The Hall–Kier alpha value is -1.91. The molecule has 0 unspecified atom stereocenters. The van der Waals surface area contributed by atoms with E-state index in [-0.39, 0.29) is 17.0 Å². The van der Waals surface area contributed by atoms with Gasteiger partial charge in [-0.1, -0.05) is 0 Å². The van der Waals surface area contributed by atoms with E-state index in [1.807, 2.05) is 0 Å². The summed E-state index contributed by atoms with van der Waals surface area (Å²) in [5.74, 6) is -0.817. The van der Waals surface area contributed by atoms with Crippen molar-refractivity contribution in [1.29, 1.82) is 0 Å². The van der Waals surface area contributed by atoms with Gasteiger partial charge in [0.25, 0.3) is 5.91 Å². The number of amides is 1. The summed E-state index contributed by atoms with van der Waals surface area (Å²) in [6.07, 6.45) is -4.54. The van der Waals surface area contributed by atoms with E-state index in [4.69, 9.17) is 0 Å². The third-order valence-electron chi connectivity index (χ3n) is 3.49. The molecule has 0 aliphatic rings. The average molecular weight is 406 g/mol. The third kappa shape index (κ3) is 5.05. The topological polar surface area (TPSA) is 57.7 Å². The van der Waals surface area contributed by atoms with E-state index in [2.05, 4.69) is 0 Å². The summed E-state index contributed by atoms with van der Waals surface area (Å²) in [6, 6.07) is 6.50. The van der Waals surface area contributed by atoms with Gasteiger partial charge in [0.05, 0.1) is 4.90 Å². The lowest BCUT2D eigenvalue weighted by Crippen LogP contribution is -2.38. The molecule has 142 valence electrons. The van der Waals surface area contributed by atoms with Crippen LogP contribution in [0.2, 0.25) is 0 Å². The van der Waals surface area contributed by atoms with Crippen LogP contribution in [-0.2, 0) is 16.6 Å². The molecule has 0 N–H and O–H groups in total. The van der Waals surface area contributed by atoms with Gasteiger partial charge in [-0.2, -0.15) is 24.5 Å². The zero-order valence-electron chi connectivity index (χ0n) is 14.0. The SMILES string of the molecule is CN(C)S(=O)(=O)c1ccc(C(=O)N(Cc2ccsc2)CC(F)(F)F)cc1. The molecule has 0 bridgehead atoms. The van der Waals surface area contributed by atoms with Crippen LogP contribution in [0.3, 0.4) is 0 Å². The highest BCUT2D eigenvalue weighted by Gasteiger charge is 2.33. The maximum Gasteiger partial charge on any atom is 0.406 e. The molecule has 0 aliphatic carbocycles. The summed E-state index contributed by atoms with van der Waals surface area (Å²) >= 11 is 1.32. The van der Waals surface area contributed by atoms with E-state index < -0.39 is 28.7 Å². The number of rotatable bonds is 6. The molecule has 26 heavy (non-hydrogen) atoms. The van der Waals surface area contributed by atoms with Crippen LogP contribution in [-0.4, -0.2) is 50.3 Å². The molecule has 0 saturated heterocycles. The Bertz CT molecular complexity index is 846. The molecule has 0 aliphatic heterocycles. The van der Waals surface area contributed by atoms with E-state index >= 15 is 0 Å². The smallest absolute Gasteiger partial charge is 0.325 e. The first-order chi connectivity index (χ1) is 12.0. The predicted molar refractivity (Wildman–Crippen MR) is 92.4 cm³/mol. The molecule has 10 heteroatoms. The first-order valence-electron chi connectivity index (χ1n) is 7.40. The minimum atomic E-state index is -4.54. The molecular formula is C16H17F3N2O3S2. The largest absolute Gasteiger partial charge is 0.406 e. The fourth-order valence-corrected chi connectivity index (χ4v) is 3.74. The zero-order valence-corrected chi connectivity index (χ0v) is 15.7. The van der Waals surface area contributed by atoms with Gasteiger partial charge in [0.2, 0.25) is 10.0 Å². The van der Waals surface area contributed by atoms with Gasteiger partial charge >= 0.3 is 6.18 Å². The molecule has 0 fully saturated rings. The average Bonchev–Trinajstić information content (AvgIpc) is 3.05. The molecule has 2 aromatic rings. The fourth-order valence-electron chi connectivity index (χ4n) is 2.18. The van der Waals surface area contributed by atoms with Crippen LogP contribution in [0.4, 0.5) is 13.2 Å². The van der Waals surface area contributed by atoms with Crippen molar-refractivity contribution in [3.05, 3.63) is 52.2 Å². The standard InChI is InChI=1S/C16H17F3N2O3S2/c1-20(2)26(23,24)14-5-3-13(4-6-14)15(22)21(11-16(17,18)19)9-12-7-8-25-10-12/h3-8,10H,9,11H2,1-2H3. The molecule has 1 amide bonds. The lowest BCUT2D eigenvalue weighted by molar-refractivity contribution is -0.141. The molecule has 5 nitrogen and oxygen atoms in total. The highest BCUT2D eigenvalue weighted by molar-refractivity contribution is 7.89. The van der Waals surface area contributed by atoms with Crippen molar-refractivity contribution in [2.75, 3.05) is 20.6 Å². The van der Waals surface area contributed by atoms with Crippen LogP contribution in [0.15, 0.2) is 46.0 Å². The number of nitrogens with zero attached hydrogens (tertiary/aromatic N) is 2. The fraction of sp³-hybridized carbons (Fsp3) is 0.312. The Morgan fingerprint density at radius 1 is 1.12 bits per heavy atom. The van der Waals surface area contributed by atoms with Crippen LogP contribution in [0, 0.1) is 0 Å². The van der Waals surface area contributed by atoms with Gasteiger partial charge in [-0.15, -0.1) is 0 Å². The number of hydrogen-bond donors (Lipinski definition) is 0. The molecular weight excluding hydrogens is 389 g/mol. The van der Waals surface area contributed by atoms with Crippen molar-refractivity contribution in [1.82, 2.24) is 9.21 Å². The number of alkyl halides is 3. The summed E-state index contributed by atoms with van der Waals surface area (Å²) in [5, 5.41) is 3.38.